The van der Waals surface area contributed by atoms with E-state index in [1.165, 1.54) is 34.2 Å². The van der Waals surface area contributed by atoms with Gasteiger partial charge in [0.2, 0.25) is 10.0 Å². The number of sulfonamides is 1. The molecule has 1 amide bonds. The van der Waals surface area contributed by atoms with Crippen molar-refractivity contribution in [1.29, 1.82) is 0 Å². The first-order valence-electron chi connectivity index (χ1n) is 11.1. The number of hydrogen-bond acceptors (Lipinski definition) is 8. The van der Waals surface area contributed by atoms with Crippen LogP contribution >= 0.6 is 11.3 Å². The highest BCUT2D eigenvalue weighted by molar-refractivity contribution is 7.89. The van der Waals surface area contributed by atoms with Crippen LogP contribution in [0.25, 0.3) is 10.2 Å². The maximum Gasteiger partial charge on any atom is 0.325 e. The largest absolute Gasteiger partial charge is 0.468 e. The molecule has 0 atom stereocenters. The number of carbonyl (C=O) groups excluding carboxylic acids is 2. The van der Waals surface area contributed by atoms with E-state index in [2.05, 4.69) is 4.99 Å². The van der Waals surface area contributed by atoms with Crippen LogP contribution in [-0.2, 0) is 30.9 Å². The molecule has 0 radical (unpaired) electrons. The predicted octanol–water partition coefficient (Wildman–Crippen LogP) is 2.62. The first kappa shape index (κ1) is 25.7. The minimum absolute atomic E-state index is 0.117. The average Bonchev–Trinajstić information content (AvgIpc) is 3.20. The second-order valence-electron chi connectivity index (χ2n) is 8.40. The molecule has 0 aliphatic carbocycles. The smallest absolute Gasteiger partial charge is 0.325 e. The van der Waals surface area contributed by atoms with Crippen molar-refractivity contribution in [3.8, 4) is 0 Å². The van der Waals surface area contributed by atoms with E-state index in [4.69, 9.17) is 4.74 Å². The standard InChI is InChI=1S/C23H24N4O7S2/c1-15-3-6-18(7-4-15)36(32,33)25-11-9-16(10-12-25)22(29)24-23-26(14-21(28)34-2)19-8-5-17(27(30)31)13-20(19)35-23/h3-8,13,16H,9-12,14H2,1-2H3. The Kier molecular flexibility index (Phi) is 7.33. The molecule has 0 saturated carbocycles. The molecule has 190 valence electrons. The summed E-state index contributed by atoms with van der Waals surface area (Å²) in [4.78, 5) is 40.3. The second-order valence-corrected chi connectivity index (χ2v) is 11.3. The van der Waals surface area contributed by atoms with Gasteiger partial charge in [0.25, 0.3) is 11.6 Å². The number of fused-ring (bicyclic) bond motifs is 1. The fourth-order valence-electron chi connectivity index (χ4n) is 4.00. The highest BCUT2D eigenvalue weighted by Gasteiger charge is 2.32. The van der Waals surface area contributed by atoms with Crippen LogP contribution in [-0.4, -0.2) is 54.3 Å². The van der Waals surface area contributed by atoms with Gasteiger partial charge in [-0.2, -0.15) is 9.30 Å². The number of ether oxygens (including phenoxy) is 1. The Balaban J connectivity index is 1.57. The average molecular weight is 533 g/mol. The molecule has 2 aromatic carbocycles. The van der Waals surface area contributed by atoms with Crippen LogP contribution in [0.15, 0.2) is 52.4 Å². The molecular formula is C23H24N4O7S2. The number of hydrogen-bond donors (Lipinski definition) is 0. The summed E-state index contributed by atoms with van der Waals surface area (Å²) in [5.41, 5.74) is 1.36. The first-order valence-corrected chi connectivity index (χ1v) is 13.4. The van der Waals surface area contributed by atoms with Gasteiger partial charge in [0.15, 0.2) is 4.80 Å². The van der Waals surface area contributed by atoms with Gasteiger partial charge in [-0.3, -0.25) is 19.7 Å². The van der Waals surface area contributed by atoms with Crippen LogP contribution < -0.4 is 4.80 Å². The number of esters is 1. The molecule has 0 N–H and O–H groups in total. The van der Waals surface area contributed by atoms with Crippen LogP contribution in [0.5, 0.6) is 0 Å². The van der Waals surface area contributed by atoms with Crippen LogP contribution in [0, 0.1) is 23.0 Å². The number of nitrogens with zero attached hydrogens (tertiary/aromatic N) is 4. The molecule has 4 rings (SSSR count). The summed E-state index contributed by atoms with van der Waals surface area (Å²) < 4.78 is 34.0. The molecule has 11 nitrogen and oxygen atoms in total. The van der Waals surface area contributed by atoms with E-state index >= 15 is 0 Å². The SMILES string of the molecule is COC(=O)Cn1c(=NC(=O)C2CCN(S(=O)(=O)c3ccc(C)cc3)CC2)sc2cc([N+](=O)[O-])ccc21. The van der Waals surface area contributed by atoms with Gasteiger partial charge in [0, 0.05) is 31.1 Å². The lowest BCUT2D eigenvalue weighted by atomic mass is 9.98. The predicted molar refractivity (Wildman–Crippen MR) is 132 cm³/mol. The monoisotopic (exact) mass is 532 g/mol. The molecule has 0 unspecified atom stereocenters. The minimum atomic E-state index is -3.66. The number of amides is 1. The number of piperidine rings is 1. The molecule has 2 heterocycles. The molecule has 0 spiro atoms. The molecule has 1 aliphatic heterocycles. The third kappa shape index (κ3) is 5.22. The summed E-state index contributed by atoms with van der Waals surface area (Å²) in [6.45, 7) is 2.03. The summed E-state index contributed by atoms with van der Waals surface area (Å²) >= 11 is 1.06. The van der Waals surface area contributed by atoms with Gasteiger partial charge in [-0.1, -0.05) is 29.0 Å². The summed E-state index contributed by atoms with van der Waals surface area (Å²) in [5.74, 6) is -1.47. The summed E-state index contributed by atoms with van der Waals surface area (Å²) in [6.07, 6.45) is 0.613. The number of benzene rings is 2. The van der Waals surface area contributed by atoms with E-state index in [1.807, 2.05) is 6.92 Å². The maximum absolute atomic E-state index is 13.0. The number of non-ortho nitro benzene ring substituents is 1. The van der Waals surface area contributed by atoms with Crippen molar-refractivity contribution in [3.05, 3.63) is 62.9 Å². The number of thiazole rings is 1. The molecule has 1 saturated heterocycles. The van der Waals surface area contributed by atoms with E-state index in [0.29, 0.717) is 23.1 Å². The summed E-state index contributed by atoms with van der Waals surface area (Å²) in [5, 5.41) is 11.2. The molecule has 0 bridgehead atoms. The Hall–Kier alpha value is -3.42. The topological polar surface area (TPSA) is 141 Å². The van der Waals surface area contributed by atoms with Crippen molar-refractivity contribution in [2.75, 3.05) is 20.2 Å². The Morgan fingerprint density at radius 1 is 1.17 bits per heavy atom. The Bertz CT molecular complexity index is 1500. The maximum atomic E-state index is 13.0. The van der Waals surface area contributed by atoms with Crippen LogP contribution in [0.3, 0.4) is 0 Å². The highest BCUT2D eigenvalue weighted by Crippen LogP contribution is 2.26. The second kappa shape index (κ2) is 10.3. The van der Waals surface area contributed by atoms with Gasteiger partial charge in [-0.05, 0) is 38.0 Å². The zero-order valence-electron chi connectivity index (χ0n) is 19.6. The Morgan fingerprint density at radius 3 is 2.44 bits per heavy atom. The third-order valence-corrected chi connectivity index (χ3v) is 9.01. The number of aromatic nitrogens is 1. The van der Waals surface area contributed by atoms with E-state index in [0.717, 1.165) is 16.9 Å². The lowest BCUT2D eigenvalue weighted by Gasteiger charge is -2.29. The summed E-state index contributed by atoms with van der Waals surface area (Å²) in [6, 6.07) is 10.8. The van der Waals surface area contributed by atoms with Crippen molar-refractivity contribution >= 4 is 49.1 Å². The van der Waals surface area contributed by atoms with Gasteiger partial charge in [-0.25, -0.2) is 8.42 Å². The Morgan fingerprint density at radius 2 is 1.83 bits per heavy atom. The number of nitro groups is 1. The molecule has 13 heteroatoms. The van der Waals surface area contributed by atoms with Crippen LogP contribution in [0.1, 0.15) is 18.4 Å². The number of rotatable bonds is 6. The van der Waals surface area contributed by atoms with Crippen molar-refractivity contribution in [2.24, 2.45) is 10.9 Å². The summed E-state index contributed by atoms with van der Waals surface area (Å²) in [7, 11) is -2.42. The number of aryl methyl sites for hydroxylation is 1. The quantitative estimate of drug-likeness (QED) is 0.270. The molecule has 36 heavy (non-hydrogen) atoms. The van der Waals surface area contributed by atoms with Gasteiger partial charge in [0.1, 0.15) is 6.54 Å². The number of methoxy groups -OCH3 is 1. The van der Waals surface area contributed by atoms with Crippen LogP contribution in [0.4, 0.5) is 5.69 Å². The van der Waals surface area contributed by atoms with Crippen molar-refractivity contribution in [3.63, 3.8) is 0 Å². The lowest BCUT2D eigenvalue weighted by Crippen LogP contribution is -2.40. The van der Waals surface area contributed by atoms with E-state index in [-0.39, 0.29) is 35.0 Å². The van der Waals surface area contributed by atoms with Crippen molar-refractivity contribution in [2.45, 2.75) is 31.2 Å². The fourth-order valence-corrected chi connectivity index (χ4v) is 6.53. The molecule has 1 aliphatic rings. The Labute approximate surface area is 210 Å². The van der Waals surface area contributed by atoms with Gasteiger partial charge in [-0.15, -0.1) is 0 Å². The lowest BCUT2D eigenvalue weighted by molar-refractivity contribution is -0.384. The van der Waals surface area contributed by atoms with Crippen LogP contribution in [0.2, 0.25) is 0 Å². The van der Waals surface area contributed by atoms with Gasteiger partial charge < -0.3 is 9.30 Å². The zero-order valence-corrected chi connectivity index (χ0v) is 21.3. The first-order chi connectivity index (χ1) is 17.1. The minimum Gasteiger partial charge on any atom is -0.468 e. The normalized spacial score (nSPS) is 15.8. The number of carbonyl (C=O) groups is 2. The molecule has 1 fully saturated rings. The fraction of sp³-hybridized carbons (Fsp3) is 0.348. The molecule has 3 aromatic rings. The van der Waals surface area contributed by atoms with Crippen molar-refractivity contribution < 1.29 is 27.7 Å². The van der Waals surface area contributed by atoms with Gasteiger partial charge >= 0.3 is 5.97 Å². The van der Waals surface area contributed by atoms with E-state index in [9.17, 15) is 28.1 Å². The van der Waals surface area contributed by atoms with E-state index < -0.39 is 32.7 Å². The van der Waals surface area contributed by atoms with Gasteiger partial charge in [0.05, 0.1) is 27.1 Å². The molecule has 1 aromatic heterocycles. The highest BCUT2D eigenvalue weighted by atomic mass is 32.2. The van der Waals surface area contributed by atoms with Crippen molar-refractivity contribution in [1.82, 2.24) is 8.87 Å². The van der Waals surface area contributed by atoms with E-state index in [1.54, 1.807) is 24.3 Å². The molecular weight excluding hydrogens is 508 g/mol. The zero-order chi connectivity index (χ0) is 26.0. The number of nitro benzene ring substituents is 1. The third-order valence-electron chi connectivity index (χ3n) is 6.06.